The third kappa shape index (κ3) is 4.08. The van der Waals surface area contributed by atoms with Crippen LogP contribution in [0.1, 0.15) is 29.9 Å². The average molecular weight is 253 g/mol. The molecule has 1 aromatic heterocycles. The Bertz CT molecular complexity index is 348. The van der Waals surface area contributed by atoms with Gasteiger partial charge in [-0.05, 0) is 32.4 Å². The highest BCUT2D eigenvalue weighted by atomic mass is 16.5. The average Bonchev–Trinajstić information content (AvgIpc) is 2.93. The van der Waals surface area contributed by atoms with Crippen LogP contribution >= 0.6 is 0 Å². The van der Waals surface area contributed by atoms with Gasteiger partial charge >= 0.3 is 0 Å². The smallest absolute Gasteiger partial charge is 0.288 e. The van der Waals surface area contributed by atoms with Crippen LogP contribution in [0, 0.1) is 0 Å². The zero-order valence-electron chi connectivity index (χ0n) is 10.3. The number of amides is 1. The van der Waals surface area contributed by atoms with Crippen molar-refractivity contribution in [3.63, 3.8) is 0 Å². The van der Waals surface area contributed by atoms with Crippen molar-refractivity contribution < 1.29 is 9.53 Å². The molecule has 2 heterocycles. The number of nitrogens with zero attached hydrogens (tertiary/aromatic N) is 2. The third-order valence-electron chi connectivity index (χ3n) is 2.88. The van der Waals surface area contributed by atoms with E-state index >= 15 is 0 Å². The second kappa shape index (κ2) is 7.07. The summed E-state index contributed by atoms with van der Waals surface area (Å²) in [5, 5.41) is 12.2. The molecule has 7 heteroatoms. The number of hydrogen-bond donors (Lipinski definition) is 3. The van der Waals surface area contributed by atoms with E-state index in [0.29, 0.717) is 19.3 Å². The summed E-state index contributed by atoms with van der Waals surface area (Å²) in [6.45, 7) is 3.34. The molecular formula is C11H19N5O2. The number of hydrogen-bond acceptors (Lipinski definition) is 5. The fraction of sp³-hybridized carbons (Fsp3) is 0.727. The quantitative estimate of drug-likeness (QED) is 0.605. The minimum Gasteiger partial charge on any atom is -0.378 e. The van der Waals surface area contributed by atoms with Crippen LogP contribution < -0.4 is 10.6 Å². The number of aromatic amines is 1. The van der Waals surface area contributed by atoms with Crippen molar-refractivity contribution in [2.45, 2.75) is 25.4 Å². The molecule has 0 atom stereocenters. The Morgan fingerprint density at radius 2 is 2.33 bits per heavy atom. The van der Waals surface area contributed by atoms with Gasteiger partial charge in [0.2, 0.25) is 5.82 Å². The van der Waals surface area contributed by atoms with Crippen molar-refractivity contribution in [3.05, 3.63) is 12.2 Å². The number of H-pyrrole nitrogens is 1. The van der Waals surface area contributed by atoms with Gasteiger partial charge in [0.25, 0.3) is 5.91 Å². The molecule has 0 unspecified atom stereocenters. The molecule has 0 spiro atoms. The van der Waals surface area contributed by atoms with E-state index < -0.39 is 0 Å². The molecule has 2 rings (SSSR count). The molecule has 7 nitrogen and oxygen atoms in total. The van der Waals surface area contributed by atoms with Gasteiger partial charge in [-0.1, -0.05) is 0 Å². The van der Waals surface area contributed by atoms with Crippen LogP contribution in [0.5, 0.6) is 0 Å². The highest BCUT2D eigenvalue weighted by Gasteiger charge is 2.12. The van der Waals surface area contributed by atoms with Gasteiger partial charge < -0.3 is 15.4 Å². The fourth-order valence-corrected chi connectivity index (χ4v) is 1.88. The highest BCUT2D eigenvalue weighted by molar-refractivity contribution is 5.90. The van der Waals surface area contributed by atoms with Gasteiger partial charge in [0.15, 0.2) is 0 Å². The second-order valence-corrected chi connectivity index (χ2v) is 4.26. The van der Waals surface area contributed by atoms with E-state index in [9.17, 15) is 4.79 Å². The maximum Gasteiger partial charge on any atom is 0.288 e. The van der Waals surface area contributed by atoms with Crippen LogP contribution in [0.2, 0.25) is 0 Å². The third-order valence-corrected chi connectivity index (χ3v) is 2.88. The van der Waals surface area contributed by atoms with Crippen LogP contribution in [0.25, 0.3) is 0 Å². The summed E-state index contributed by atoms with van der Waals surface area (Å²) in [7, 11) is 0. The number of rotatable bonds is 6. The molecule has 1 aliphatic rings. The van der Waals surface area contributed by atoms with E-state index in [4.69, 9.17) is 4.74 Å². The summed E-state index contributed by atoms with van der Waals surface area (Å²) >= 11 is 0. The number of piperidine rings is 1. The Morgan fingerprint density at radius 1 is 1.50 bits per heavy atom. The standard InChI is InChI=1S/C11H19N5O2/c17-11(10-14-8-15-16-10)13-4-1-7-18-9-2-5-12-6-3-9/h8-9,12H,1-7H2,(H,13,17)(H,14,15,16). The van der Waals surface area contributed by atoms with Crippen molar-refractivity contribution in [3.8, 4) is 0 Å². The molecule has 1 amide bonds. The lowest BCUT2D eigenvalue weighted by atomic mass is 10.1. The first kappa shape index (κ1) is 13.0. The molecule has 0 saturated carbocycles. The Balaban J connectivity index is 1.52. The molecule has 18 heavy (non-hydrogen) atoms. The maximum atomic E-state index is 11.5. The van der Waals surface area contributed by atoms with Gasteiger partial charge in [-0.2, -0.15) is 5.10 Å². The first-order valence-corrected chi connectivity index (χ1v) is 6.32. The molecular weight excluding hydrogens is 234 g/mol. The Kier molecular flexibility index (Phi) is 5.10. The SMILES string of the molecule is O=C(NCCCOC1CCNCC1)c1ncn[nH]1. The Hall–Kier alpha value is -1.47. The van der Waals surface area contributed by atoms with E-state index in [1.165, 1.54) is 6.33 Å². The van der Waals surface area contributed by atoms with Crippen molar-refractivity contribution in [2.75, 3.05) is 26.2 Å². The second-order valence-electron chi connectivity index (χ2n) is 4.26. The van der Waals surface area contributed by atoms with Crippen molar-refractivity contribution >= 4 is 5.91 Å². The summed E-state index contributed by atoms with van der Waals surface area (Å²) < 4.78 is 5.73. The van der Waals surface area contributed by atoms with E-state index in [1.54, 1.807) is 0 Å². The zero-order valence-corrected chi connectivity index (χ0v) is 10.3. The summed E-state index contributed by atoms with van der Waals surface area (Å²) in [6, 6.07) is 0. The zero-order chi connectivity index (χ0) is 12.6. The number of carbonyl (C=O) groups is 1. The summed E-state index contributed by atoms with van der Waals surface area (Å²) in [5.74, 6) is 0.0173. The molecule has 1 saturated heterocycles. The number of ether oxygens (including phenoxy) is 1. The molecule has 3 N–H and O–H groups in total. The molecule has 0 aliphatic carbocycles. The largest absolute Gasteiger partial charge is 0.378 e. The maximum absolute atomic E-state index is 11.5. The van der Waals surface area contributed by atoms with Crippen molar-refractivity contribution in [1.82, 2.24) is 25.8 Å². The van der Waals surface area contributed by atoms with Crippen LogP contribution in [0.4, 0.5) is 0 Å². The minimum absolute atomic E-state index is 0.227. The first-order valence-electron chi connectivity index (χ1n) is 6.32. The molecule has 1 aromatic rings. The van der Waals surface area contributed by atoms with Crippen LogP contribution in [-0.2, 0) is 4.74 Å². The topological polar surface area (TPSA) is 91.9 Å². The van der Waals surface area contributed by atoms with Crippen LogP contribution in [0.3, 0.4) is 0 Å². The monoisotopic (exact) mass is 253 g/mol. The van der Waals surface area contributed by atoms with Crippen LogP contribution in [-0.4, -0.2) is 53.4 Å². The fourth-order valence-electron chi connectivity index (χ4n) is 1.88. The highest BCUT2D eigenvalue weighted by Crippen LogP contribution is 2.06. The van der Waals surface area contributed by atoms with Gasteiger partial charge in [0.1, 0.15) is 6.33 Å². The number of nitrogens with one attached hydrogen (secondary N) is 3. The van der Waals surface area contributed by atoms with Gasteiger partial charge in [-0.3, -0.25) is 9.89 Å². The predicted molar refractivity (Wildman–Crippen MR) is 65.2 cm³/mol. The molecule has 1 aliphatic heterocycles. The normalized spacial score (nSPS) is 16.7. The molecule has 0 radical (unpaired) electrons. The molecule has 0 aromatic carbocycles. The Morgan fingerprint density at radius 3 is 3.06 bits per heavy atom. The molecule has 100 valence electrons. The number of aromatic nitrogens is 3. The van der Waals surface area contributed by atoms with Crippen molar-refractivity contribution in [1.29, 1.82) is 0 Å². The van der Waals surface area contributed by atoms with Gasteiger partial charge in [0.05, 0.1) is 6.10 Å². The van der Waals surface area contributed by atoms with Crippen LogP contribution in [0.15, 0.2) is 6.33 Å². The van der Waals surface area contributed by atoms with Gasteiger partial charge in [0, 0.05) is 13.2 Å². The molecule has 1 fully saturated rings. The summed E-state index contributed by atoms with van der Waals surface area (Å²) in [4.78, 5) is 15.2. The Labute approximate surface area is 106 Å². The lowest BCUT2D eigenvalue weighted by Gasteiger charge is -2.22. The predicted octanol–water partition coefficient (Wildman–Crippen LogP) is -0.307. The van der Waals surface area contributed by atoms with Crippen molar-refractivity contribution in [2.24, 2.45) is 0 Å². The molecule has 0 bridgehead atoms. The lowest BCUT2D eigenvalue weighted by Crippen LogP contribution is -2.33. The van der Waals surface area contributed by atoms with E-state index in [2.05, 4.69) is 25.8 Å². The minimum atomic E-state index is -0.227. The van der Waals surface area contributed by atoms with E-state index in [1.807, 2.05) is 0 Å². The lowest BCUT2D eigenvalue weighted by molar-refractivity contribution is 0.0317. The number of carbonyl (C=O) groups excluding carboxylic acids is 1. The van der Waals surface area contributed by atoms with E-state index in [-0.39, 0.29) is 11.7 Å². The summed E-state index contributed by atoms with van der Waals surface area (Å²) in [5.41, 5.74) is 0. The van der Waals surface area contributed by atoms with Gasteiger partial charge in [-0.15, -0.1) is 0 Å². The van der Waals surface area contributed by atoms with E-state index in [0.717, 1.165) is 32.4 Å². The van der Waals surface area contributed by atoms with Gasteiger partial charge in [-0.25, -0.2) is 4.98 Å². The summed E-state index contributed by atoms with van der Waals surface area (Å²) in [6.07, 6.45) is 4.64. The first-order chi connectivity index (χ1) is 8.86.